The minimum atomic E-state index is -3.31. The molecule has 122 valence electrons. The fourth-order valence-electron chi connectivity index (χ4n) is 2.72. The monoisotopic (exact) mass is 320 g/mol. The average Bonchev–Trinajstić information content (AvgIpc) is 2.52. The highest BCUT2D eigenvalue weighted by Gasteiger charge is 2.29. The van der Waals surface area contributed by atoms with Gasteiger partial charge in [-0.05, 0) is 31.2 Å². The smallest absolute Gasteiger partial charge is 0.287 e. The number of anilines is 1. The molecule has 23 heavy (non-hydrogen) atoms. The number of rotatable bonds is 4. The molecule has 0 fully saturated rings. The molecule has 0 aromatic carbocycles. The Morgan fingerprint density at radius 3 is 2.35 bits per heavy atom. The van der Waals surface area contributed by atoms with Crippen LogP contribution in [0, 0.1) is 22.7 Å². The van der Waals surface area contributed by atoms with E-state index in [9.17, 15) is 19.3 Å². The van der Waals surface area contributed by atoms with Crippen LogP contribution in [0.5, 0.6) is 0 Å². The maximum absolute atomic E-state index is 13.2. The van der Waals surface area contributed by atoms with E-state index in [1.807, 2.05) is 12.1 Å². The highest BCUT2D eigenvalue weighted by Crippen LogP contribution is 2.28. The second-order valence-electron chi connectivity index (χ2n) is 5.64. The number of aromatic nitrogens is 1. The van der Waals surface area contributed by atoms with Crippen molar-refractivity contribution in [1.82, 2.24) is 4.98 Å². The number of aryl methyl sites for hydroxylation is 1. The van der Waals surface area contributed by atoms with Gasteiger partial charge in [-0.1, -0.05) is 12.8 Å². The summed E-state index contributed by atoms with van der Waals surface area (Å²) >= 11 is 0. The largest absolute Gasteiger partial charge is 0.390 e. The van der Waals surface area contributed by atoms with Crippen molar-refractivity contribution in [2.75, 3.05) is 18.5 Å². The second-order valence-corrected chi connectivity index (χ2v) is 5.64. The number of alkyl halides is 2. The Kier molecular flexibility index (Phi) is 5.46. The molecule has 0 radical (unpaired) electrons. The first-order valence-corrected chi connectivity index (χ1v) is 7.61. The molecular weight excluding hydrogens is 302 g/mol. The highest BCUT2D eigenvalue weighted by atomic mass is 19.3. The zero-order chi connectivity index (χ0) is 16.9. The number of fused-ring (bicyclic) bond motifs is 1. The molecule has 0 spiro atoms. The van der Waals surface area contributed by atoms with Crippen LogP contribution >= 0.6 is 0 Å². The molecule has 1 aliphatic carbocycles. The van der Waals surface area contributed by atoms with Crippen molar-refractivity contribution in [3.8, 4) is 12.1 Å². The van der Waals surface area contributed by atoms with Gasteiger partial charge in [0.15, 0.2) is 0 Å². The Morgan fingerprint density at radius 2 is 1.74 bits per heavy atom. The third kappa shape index (κ3) is 3.94. The number of hydrogen-bond acceptors (Lipinski definition) is 5. The summed E-state index contributed by atoms with van der Waals surface area (Å²) in [5.74, 6) is -3.32. The first-order chi connectivity index (χ1) is 11.0. The summed E-state index contributed by atoms with van der Waals surface area (Å²) in [5, 5.41) is 29.8. The van der Waals surface area contributed by atoms with Crippen molar-refractivity contribution in [2.24, 2.45) is 0 Å². The third-order valence-corrected chi connectivity index (χ3v) is 3.94. The molecule has 1 aromatic heterocycles. The maximum atomic E-state index is 13.2. The van der Waals surface area contributed by atoms with Gasteiger partial charge < -0.3 is 10.4 Å². The van der Waals surface area contributed by atoms with Gasteiger partial charge in [0.25, 0.3) is 5.92 Å². The maximum Gasteiger partial charge on any atom is 0.287 e. The van der Waals surface area contributed by atoms with Crippen LogP contribution < -0.4 is 5.32 Å². The molecule has 0 atom stereocenters. The second kappa shape index (κ2) is 7.34. The topological polar surface area (TPSA) is 92.7 Å². The summed E-state index contributed by atoms with van der Waals surface area (Å²) in [4.78, 5) is 4.33. The summed E-state index contributed by atoms with van der Waals surface area (Å²) in [7, 11) is 0. The Hall–Kier alpha value is -2.25. The molecular formula is C16H18F2N4O. The van der Waals surface area contributed by atoms with E-state index in [0.29, 0.717) is 18.5 Å². The van der Waals surface area contributed by atoms with Gasteiger partial charge in [-0.3, -0.25) is 0 Å². The summed E-state index contributed by atoms with van der Waals surface area (Å²) in [6.07, 6.45) is 5.31. The lowest BCUT2D eigenvalue weighted by atomic mass is 9.91. The summed E-state index contributed by atoms with van der Waals surface area (Å²) < 4.78 is 26.5. The molecule has 7 heteroatoms. The zero-order valence-electron chi connectivity index (χ0n) is 12.7. The van der Waals surface area contributed by atoms with E-state index in [4.69, 9.17) is 5.11 Å². The quantitative estimate of drug-likeness (QED) is 0.889. The van der Waals surface area contributed by atoms with E-state index in [-0.39, 0.29) is 16.9 Å². The standard InChI is InChI=1S/C16H18F2N4O/c17-16(18,10-23)9-21-15-13(8-20)12(7-19)11-5-3-1-2-4-6-14(11)22-15/h23H,1-6,9-10H2,(H,21,22). The lowest BCUT2D eigenvalue weighted by Gasteiger charge is -2.19. The van der Waals surface area contributed by atoms with Crippen LogP contribution in [0.3, 0.4) is 0 Å². The molecule has 0 amide bonds. The number of aliphatic hydroxyl groups excluding tert-OH is 1. The van der Waals surface area contributed by atoms with Crippen molar-refractivity contribution in [2.45, 2.75) is 44.4 Å². The van der Waals surface area contributed by atoms with Crippen LogP contribution in [-0.2, 0) is 12.8 Å². The molecule has 0 bridgehead atoms. The number of aliphatic hydroxyl groups is 1. The van der Waals surface area contributed by atoms with Gasteiger partial charge in [-0.15, -0.1) is 0 Å². The van der Waals surface area contributed by atoms with Gasteiger partial charge in [-0.25, -0.2) is 13.8 Å². The number of halogens is 2. The zero-order valence-corrected chi connectivity index (χ0v) is 12.7. The fraction of sp³-hybridized carbons (Fsp3) is 0.562. The van der Waals surface area contributed by atoms with Crippen LogP contribution in [-0.4, -0.2) is 29.2 Å². The number of nitrogens with zero attached hydrogens (tertiary/aromatic N) is 3. The molecule has 0 aliphatic heterocycles. The third-order valence-electron chi connectivity index (χ3n) is 3.94. The van der Waals surface area contributed by atoms with Gasteiger partial charge in [0, 0.05) is 5.69 Å². The molecule has 2 rings (SSSR count). The Balaban J connectivity index is 2.44. The fourth-order valence-corrected chi connectivity index (χ4v) is 2.72. The number of nitriles is 2. The summed E-state index contributed by atoms with van der Waals surface area (Å²) in [5.41, 5.74) is 1.70. The van der Waals surface area contributed by atoms with Gasteiger partial charge in [0.05, 0.1) is 12.1 Å². The van der Waals surface area contributed by atoms with Crippen molar-refractivity contribution in [1.29, 1.82) is 10.5 Å². The SMILES string of the molecule is N#Cc1c(NCC(F)(F)CO)nc2c(c1C#N)CCCCCC2. The van der Waals surface area contributed by atoms with Crippen LogP contribution in [0.2, 0.25) is 0 Å². The summed E-state index contributed by atoms with van der Waals surface area (Å²) in [6.45, 7) is -2.13. The van der Waals surface area contributed by atoms with E-state index < -0.39 is 19.1 Å². The van der Waals surface area contributed by atoms with E-state index in [1.54, 1.807) is 0 Å². The molecule has 0 saturated carbocycles. The van der Waals surface area contributed by atoms with Crippen molar-refractivity contribution >= 4 is 5.82 Å². The summed E-state index contributed by atoms with van der Waals surface area (Å²) in [6, 6.07) is 3.94. The Bertz CT molecular complexity index is 662. The van der Waals surface area contributed by atoms with Crippen molar-refractivity contribution < 1.29 is 13.9 Å². The number of nitrogens with one attached hydrogen (secondary N) is 1. The minimum Gasteiger partial charge on any atom is -0.390 e. The Labute approximate surface area is 133 Å². The van der Waals surface area contributed by atoms with Crippen LogP contribution in [0.4, 0.5) is 14.6 Å². The number of pyridine rings is 1. The first kappa shape index (κ1) is 17.1. The predicted octanol–water partition coefficient (Wildman–Crippen LogP) is 2.52. The van der Waals surface area contributed by atoms with Crippen LogP contribution in [0.1, 0.15) is 48.1 Å². The van der Waals surface area contributed by atoms with E-state index in [0.717, 1.165) is 31.2 Å². The van der Waals surface area contributed by atoms with E-state index in [1.165, 1.54) is 0 Å². The van der Waals surface area contributed by atoms with Crippen molar-refractivity contribution in [3.63, 3.8) is 0 Å². The van der Waals surface area contributed by atoms with Gasteiger partial charge in [0.2, 0.25) is 0 Å². The molecule has 2 N–H and O–H groups in total. The van der Waals surface area contributed by atoms with Crippen molar-refractivity contribution in [3.05, 3.63) is 22.4 Å². The van der Waals surface area contributed by atoms with E-state index >= 15 is 0 Å². The number of hydrogen-bond donors (Lipinski definition) is 2. The van der Waals surface area contributed by atoms with Gasteiger partial charge in [0.1, 0.15) is 30.1 Å². The average molecular weight is 320 g/mol. The molecule has 1 aliphatic rings. The molecule has 0 unspecified atom stereocenters. The molecule has 5 nitrogen and oxygen atoms in total. The predicted molar refractivity (Wildman–Crippen MR) is 80.1 cm³/mol. The van der Waals surface area contributed by atoms with E-state index in [2.05, 4.69) is 10.3 Å². The molecule has 0 saturated heterocycles. The van der Waals surface area contributed by atoms with Crippen LogP contribution in [0.15, 0.2) is 0 Å². The minimum absolute atomic E-state index is 0.000522. The molecule has 1 aromatic rings. The van der Waals surface area contributed by atoms with Crippen LogP contribution in [0.25, 0.3) is 0 Å². The lowest BCUT2D eigenvalue weighted by Crippen LogP contribution is -2.31. The van der Waals surface area contributed by atoms with Gasteiger partial charge in [-0.2, -0.15) is 10.5 Å². The normalized spacial score (nSPS) is 14.8. The van der Waals surface area contributed by atoms with Gasteiger partial charge >= 0.3 is 0 Å². The highest BCUT2D eigenvalue weighted by molar-refractivity contribution is 5.64. The first-order valence-electron chi connectivity index (χ1n) is 7.61. The Morgan fingerprint density at radius 1 is 1.09 bits per heavy atom. The molecule has 1 heterocycles. The lowest BCUT2D eigenvalue weighted by molar-refractivity contribution is -0.0373.